The summed E-state index contributed by atoms with van der Waals surface area (Å²) in [7, 11) is 2.63. The Labute approximate surface area is 208 Å². The highest BCUT2D eigenvalue weighted by atomic mass is 79.9. The number of halogens is 3. The third kappa shape index (κ3) is 7.61. The van der Waals surface area contributed by atoms with Crippen molar-refractivity contribution in [3.05, 3.63) is 100 Å². The van der Waals surface area contributed by atoms with Gasteiger partial charge >= 0.3 is 11.9 Å². The molecule has 2 N–H and O–H groups in total. The van der Waals surface area contributed by atoms with E-state index in [4.69, 9.17) is 10.5 Å². The zero-order valence-corrected chi connectivity index (χ0v) is 20.4. The average molecular weight is 550 g/mol. The molecular formula is C25H22BrF2NO6. The van der Waals surface area contributed by atoms with E-state index in [0.29, 0.717) is 16.7 Å². The molecule has 0 fully saturated rings. The van der Waals surface area contributed by atoms with Gasteiger partial charge in [-0.15, -0.1) is 0 Å². The van der Waals surface area contributed by atoms with Gasteiger partial charge in [0, 0.05) is 5.33 Å². The maximum absolute atomic E-state index is 14.0. The zero-order valence-electron chi connectivity index (χ0n) is 18.8. The van der Waals surface area contributed by atoms with Crippen molar-refractivity contribution in [3.63, 3.8) is 0 Å². The molecular weight excluding hydrogens is 528 g/mol. The average Bonchev–Trinajstić information content (AvgIpc) is 2.87. The Morgan fingerprint density at radius 3 is 1.91 bits per heavy atom. The molecule has 35 heavy (non-hydrogen) atoms. The predicted octanol–water partition coefficient (Wildman–Crippen LogP) is 4.80. The van der Waals surface area contributed by atoms with Crippen LogP contribution >= 0.6 is 15.9 Å². The second-order valence-electron chi connectivity index (χ2n) is 6.90. The van der Waals surface area contributed by atoms with E-state index < -0.39 is 29.1 Å². The van der Waals surface area contributed by atoms with E-state index in [-0.39, 0.29) is 18.3 Å². The molecule has 0 heterocycles. The normalized spacial score (nSPS) is 9.97. The van der Waals surface area contributed by atoms with Crippen molar-refractivity contribution in [1.82, 2.24) is 0 Å². The number of hydrogen-bond acceptors (Lipinski definition) is 6. The Hall–Kier alpha value is -3.79. The lowest BCUT2D eigenvalue weighted by Crippen LogP contribution is -2.16. The molecule has 3 aromatic carbocycles. The Bertz CT molecular complexity index is 1220. The molecule has 0 aliphatic rings. The van der Waals surface area contributed by atoms with Crippen molar-refractivity contribution >= 4 is 33.8 Å². The highest BCUT2D eigenvalue weighted by molar-refractivity contribution is 9.08. The van der Waals surface area contributed by atoms with Crippen molar-refractivity contribution in [2.24, 2.45) is 5.73 Å². The molecule has 0 aromatic heterocycles. The molecule has 0 bridgehead atoms. The number of ether oxygens (including phenoxy) is 3. The third-order valence-electron chi connectivity index (χ3n) is 4.55. The maximum atomic E-state index is 14.0. The van der Waals surface area contributed by atoms with Crippen molar-refractivity contribution in [1.29, 1.82) is 0 Å². The van der Waals surface area contributed by atoms with Crippen LogP contribution in [0.1, 0.15) is 42.2 Å². The van der Waals surface area contributed by atoms with Crippen molar-refractivity contribution in [2.45, 2.75) is 11.9 Å². The summed E-state index contributed by atoms with van der Waals surface area (Å²) in [6, 6.07) is 15.6. The maximum Gasteiger partial charge on any atom is 0.337 e. The van der Waals surface area contributed by atoms with Gasteiger partial charge in [-0.2, -0.15) is 0 Å². The zero-order chi connectivity index (χ0) is 26.0. The SMILES string of the molecule is COC(=O)c1cccc(CBr)c1.COC(=O)c1cccc(COc2ccc(F)c(C(N)=O)c2F)c1. The Balaban J connectivity index is 0.000000303. The summed E-state index contributed by atoms with van der Waals surface area (Å²) in [5.41, 5.74) is 6.62. The second-order valence-corrected chi connectivity index (χ2v) is 7.47. The Kier molecular flexibility index (Phi) is 10.3. The lowest BCUT2D eigenvalue weighted by atomic mass is 10.1. The first-order valence-electron chi connectivity index (χ1n) is 10.0. The molecule has 3 rings (SSSR count). The van der Waals surface area contributed by atoms with Crippen LogP contribution in [-0.4, -0.2) is 32.1 Å². The molecule has 3 aromatic rings. The molecule has 0 aliphatic heterocycles. The monoisotopic (exact) mass is 549 g/mol. The fourth-order valence-corrected chi connectivity index (χ4v) is 3.19. The highest BCUT2D eigenvalue weighted by Gasteiger charge is 2.19. The first kappa shape index (κ1) is 27.5. The van der Waals surface area contributed by atoms with Gasteiger partial charge in [-0.25, -0.2) is 18.4 Å². The quantitative estimate of drug-likeness (QED) is 0.335. The molecule has 7 nitrogen and oxygen atoms in total. The minimum Gasteiger partial charge on any atom is -0.486 e. The minimum atomic E-state index is -1.22. The van der Waals surface area contributed by atoms with Crippen molar-refractivity contribution in [2.75, 3.05) is 14.2 Å². The third-order valence-corrected chi connectivity index (χ3v) is 5.19. The number of amides is 1. The van der Waals surface area contributed by atoms with E-state index in [1.807, 2.05) is 12.1 Å². The summed E-state index contributed by atoms with van der Waals surface area (Å²) < 4.78 is 41.8. The summed E-state index contributed by atoms with van der Waals surface area (Å²) in [5, 5.41) is 0.748. The Morgan fingerprint density at radius 1 is 0.857 bits per heavy atom. The summed E-state index contributed by atoms with van der Waals surface area (Å²) in [4.78, 5) is 33.5. The first-order chi connectivity index (χ1) is 16.7. The number of nitrogens with two attached hydrogens (primary N) is 1. The number of carbonyl (C=O) groups excluding carboxylic acids is 3. The van der Waals surface area contributed by atoms with E-state index in [0.717, 1.165) is 23.0 Å². The first-order valence-corrected chi connectivity index (χ1v) is 11.1. The van der Waals surface area contributed by atoms with E-state index >= 15 is 0 Å². The smallest absolute Gasteiger partial charge is 0.337 e. The number of benzene rings is 3. The molecule has 184 valence electrons. The highest BCUT2D eigenvalue weighted by Crippen LogP contribution is 2.24. The van der Waals surface area contributed by atoms with Crippen molar-refractivity contribution < 1.29 is 37.4 Å². The van der Waals surface area contributed by atoms with E-state index in [9.17, 15) is 23.2 Å². The fourth-order valence-electron chi connectivity index (χ4n) is 2.84. The van der Waals surface area contributed by atoms with Crippen LogP contribution in [0.3, 0.4) is 0 Å². The number of esters is 2. The lowest BCUT2D eigenvalue weighted by molar-refractivity contribution is 0.0591. The molecule has 0 unspecified atom stereocenters. The number of rotatable bonds is 7. The summed E-state index contributed by atoms with van der Waals surface area (Å²) in [6.45, 7) is -0.0917. The van der Waals surface area contributed by atoms with Gasteiger partial charge in [-0.1, -0.05) is 40.2 Å². The minimum absolute atomic E-state index is 0.0917. The largest absolute Gasteiger partial charge is 0.486 e. The molecule has 0 radical (unpaired) electrons. The molecule has 10 heteroatoms. The second kappa shape index (κ2) is 13.2. The molecule has 0 spiro atoms. The van der Waals surface area contributed by atoms with Gasteiger partial charge in [0.2, 0.25) is 0 Å². The summed E-state index contributed by atoms with van der Waals surface area (Å²) in [6.07, 6.45) is 0. The van der Waals surface area contributed by atoms with Crippen LogP contribution in [0.5, 0.6) is 5.75 Å². The van der Waals surface area contributed by atoms with Gasteiger partial charge in [0.25, 0.3) is 5.91 Å². The number of primary amides is 1. The van der Waals surface area contributed by atoms with E-state index in [2.05, 4.69) is 25.4 Å². The molecule has 0 aliphatic carbocycles. The van der Waals surface area contributed by atoms with Gasteiger partial charge in [0.15, 0.2) is 11.6 Å². The van der Waals surface area contributed by atoms with Gasteiger partial charge < -0.3 is 19.9 Å². The van der Waals surface area contributed by atoms with Crippen LogP contribution in [0.2, 0.25) is 0 Å². The number of methoxy groups -OCH3 is 2. The molecule has 1 amide bonds. The van der Waals surface area contributed by atoms with Crippen LogP contribution in [0.25, 0.3) is 0 Å². The van der Waals surface area contributed by atoms with Crippen molar-refractivity contribution in [3.8, 4) is 5.75 Å². The number of alkyl halides is 1. The van der Waals surface area contributed by atoms with Gasteiger partial charge in [-0.05, 0) is 47.5 Å². The van der Waals surface area contributed by atoms with Crippen LogP contribution in [-0.2, 0) is 21.4 Å². The number of carbonyl (C=O) groups is 3. The molecule has 0 atom stereocenters. The fraction of sp³-hybridized carbons (Fsp3) is 0.160. The predicted molar refractivity (Wildman–Crippen MR) is 127 cm³/mol. The standard InChI is InChI=1S/C16H13F2NO4.C9H9BrO2/c1-22-16(21)10-4-2-3-9(7-10)8-23-12-6-5-11(17)13(14(12)18)15(19)20;1-12-9(11)8-4-2-3-7(5-8)6-10/h2-7H,8H2,1H3,(H2,19,20);2-5H,6H2,1H3. The van der Waals surface area contributed by atoms with Crippen LogP contribution in [0, 0.1) is 11.6 Å². The summed E-state index contributed by atoms with van der Waals surface area (Å²) >= 11 is 3.31. The van der Waals surface area contributed by atoms with E-state index in [1.54, 1.807) is 30.3 Å². The van der Waals surface area contributed by atoms with Gasteiger partial charge in [0.1, 0.15) is 18.0 Å². The number of hydrogen-bond donors (Lipinski definition) is 1. The topological polar surface area (TPSA) is 105 Å². The van der Waals surface area contributed by atoms with Crippen LogP contribution in [0.4, 0.5) is 8.78 Å². The van der Waals surface area contributed by atoms with Crippen LogP contribution in [0.15, 0.2) is 60.7 Å². The molecule has 0 saturated heterocycles. The van der Waals surface area contributed by atoms with Gasteiger partial charge in [0.05, 0.1) is 25.3 Å². The lowest BCUT2D eigenvalue weighted by Gasteiger charge is -2.10. The van der Waals surface area contributed by atoms with Gasteiger partial charge in [-0.3, -0.25) is 4.79 Å². The Morgan fingerprint density at radius 2 is 1.40 bits per heavy atom. The molecule has 0 saturated carbocycles. The summed E-state index contributed by atoms with van der Waals surface area (Å²) in [5.74, 6) is -4.58. The van der Waals surface area contributed by atoms with Crippen LogP contribution < -0.4 is 10.5 Å². The van der Waals surface area contributed by atoms with E-state index in [1.165, 1.54) is 20.3 Å².